The van der Waals surface area contributed by atoms with Gasteiger partial charge in [-0.15, -0.1) is 0 Å². The minimum Gasteiger partial charge on any atom is -0.371 e. The van der Waals surface area contributed by atoms with Crippen LogP contribution in [-0.2, 0) is 11.3 Å². The Labute approximate surface area is 157 Å². The fraction of sp³-hybridized carbons (Fsp3) is 0.286. The van der Waals surface area contributed by atoms with Gasteiger partial charge in [0.05, 0.1) is 30.5 Å². The van der Waals surface area contributed by atoms with Crippen molar-refractivity contribution in [3.05, 3.63) is 72.9 Å². The first-order valence-electron chi connectivity index (χ1n) is 9.37. The number of imidazole rings is 1. The molecule has 3 aromatic heterocycles. The molecule has 1 aliphatic carbocycles. The van der Waals surface area contributed by atoms with E-state index in [1.165, 1.54) is 5.56 Å². The summed E-state index contributed by atoms with van der Waals surface area (Å²) in [5.41, 5.74) is 2.99. The molecular formula is C21H21N5O. The monoisotopic (exact) mass is 359 g/mol. The van der Waals surface area contributed by atoms with Crippen LogP contribution in [0.25, 0.3) is 17.0 Å². The number of aromatic nitrogens is 5. The molecule has 2 atom stereocenters. The standard InChI is InChI=1S/C21H21N5O/c1-2-6-16(7-3-1)15-27-19-9-4-8-18(19)25-13-11-23-20(25)17-14-24-26-12-5-10-22-21(17)26/h1-3,5-7,10-14,18-19H,4,8-9,15H2/t18-,19-/m1/s1. The summed E-state index contributed by atoms with van der Waals surface area (Å²) < 4.78 is 10.3. The molecule has 3 heterocycles. The van der Waals surface area contributed by atoms with Gasteiger partial charge in [-0.1, -0.05) is 30.3 Å². The normalized spacial score (nSPS) is 19.7. The molecule has 1 aromatic carbocycles. The van der Waals surface area contributed by atoms with E-state index < -0.39 is 0 Å². The van der Waals surface area contributed by atoms with Crippen molar-refractivity contribution in [2.24, 2.45) is 0 Å². The zero-order valence-corrected chi connectivity index (χ0v) is 15.0. The minimum absolute atomic E-state index is 0.188. The molecule has 1 aliphatic rings. The first kappa shape index (κ1) is 16.2. The van der Waals surface area contributed by atoms with Crippen LogP contribution in [-0.4, -0.2) is 30.3 Å². The van der Waals surface area contributed by atoms with Crippen LogP contribution in [0.5, 0.6) is 0 Å². The number of rotatable bonds is 5. The van der Waals surface area contributed by atoms with Crippen molar-refractivity contribution in [3.8, 4) is 11.4 Å². The highest BCUT2D eigenvalue weighted by atomic mass is 16.5. The average molecular weight is 359 g/mol. The Morgan fingerprint density at radius 3 is 2.85 bits per heavy atom. The molecule has 27 heavy (non-hydrogen) atoms. The van der Waals surface area contributed by atoms with Crippen LogP contribution in [0, 0.1) is 0 Å². The molecule has 0 radical (unpaired) electrons. The summed E-state index contributed by atoms with van der Waals surface area (Å²) in [6.07, 6.45) is 13.0. The van der Waals surface area contributed by atoms with Gasteiger partial charge in [-0.05, 0) is 30.9 Å². The lowest BCUT2D eigenvalue weighted by Gasteiger charge is -2.23. The maximum Gasteiger partial charge on any atom is 0.165 e. The van der Waals surface area contributed by atoms with Crippen molar-refractivity contribution >= 4 is 5.65 Å². The number of nitrogens with zero attached hydrogens (tertiary/aromatic N) is 5. The van der Waals surface area contributed by atoms with E-state index in [0.717, 1.165) is 36.3 Å². The maximum absolute atomic E-state index is 6.30. The number of hydrogen-bond donors (Lipinski definition) is 0. The van der Waals surface area contributed by atoms with E-state index in [0.29, 0.717) is 6.61 Å². The molecule has 5 rings (SSSR count). The molecule has 0 unspecified atom stereocenters. The van der Waals surface area contributed by atoms with E-state index in [1.807, 2.05) is 30.7 Å². The Bertz CT molecular complexity index is 1040. The molecular weight excluding hydrogens is 338 g/mol. The molecule has 4 aromatic rings. The van der Waals surface area contributed by atoms with Gasteiger partial charge in [0.15, 0.2) is 5.65 Å². The van der Waals surface area contributed by atoms with E-state index in [1.54, 1.807) is 10.7 Å². The second-order valence-corrected chi connectivity index (χ2v) is 6.94. The highest BCUT2D eigenvalue weighted by Crippen LogP contribution is 2.36. The van der Waals surface area contributed by atoms with Crippen molar-refractivity contribution in [2.45, 2.75) is 38.0 Å². The summed E-state index contributed by atoms with van der Waals surface area (Å²) in [5, 5.41) is 4.41. The number of benzene rings is 1. The third-order valence-electron chi connectivity index (χ3n) is 5.27. The van der Waals surface area contributed by atoms with Crippen LogP contribution in [0.4, 0.5) is 0 Å². The van der Waals surface area contributed by atoms with Crippen LogP contribution in [0.2, 0.25) is 0 Å². The molecule has 6 heteroatoms. The summed E-state index contributed by atoms with van der Waals surface area (Å²) in [6, 6.07) is 12.5. The lowest BCUT2D eigenvalue weighted by atomic mass is 10.2. The predicted octanol–water partition coefficient (Wildman–Crippen LogP) is 3.90. The Balaban J connectivity index is 1.42. The van der Waals surface area contributed by atoms with Crippen LogP contribution < -0.4 is 0 Å². The third-order valence-corrected chi connectivity index (χ3v) is 5.27. The topological polar surface area (TPSA) is 57.2 Å². The van der Waals surface area contributed by atoms with Gasteiger partial charge in [0.25, 0.3) is 0 Å². The summed E-state index contributed by atoms with van der Waals surface area (Å²) >= 11 is 0. The summed E-state index contributed by atoms with van der Waals surface area (Å²) in [4.78, 5) is 9.10. The zero-order chi connectivity index (χ0) is 18.1. The summed E-state index contributed by atoms with van der Waals surface area (Å²) in [6.45, 7) is 0.643. The Morgan fingerprint density at radius 1 is 1.00 bits per heavy atom. The average Bonchev–Trinajstić information content (AvgIpc) is 3.45. The largest absolute Gasteiger partial charge is 0.371 e. The van der Waals surface area contributed by atoms with Gasteiger partial charge in [-0.2, -0.15) is 5.10 Å². The lowest BCUT2D eigenvalue weighted by Crippen LogP contribution is -2.22. The van der Waals surface area contributed by atoms with Crippen molar-refractivity contribution in [1.82, 2.24) is 24.1 Å². The van der Waals surface area contributed by atoms with Gasteiger partial charge >= 0.3 is 0 Å². The predicted molar refractivity (Wildman–Crippen MR) is 102 cm³/mol. The molecule has 1 fully saturated rings. The van der Waals surface area contributed by atoms with Crippen molar-refractivity contribution < 1.29 is 4.74 Å². The Kier molecular flexibility index (Phi) is 4.18. The van der Waals surface area contributed by atoms with E-state index in [4.69, 9.17) is 4.74 Å². The number of ether oxygens (including phenoxy) is 1. The van der Waals surface area contributed by atoms with E-state index in [-0.39, 0.29) is 12.1 Å². The molecule has 0 N–H and O–H groups in total. The Morgan fingerprint density at radius 2 is 1.93 bits per heavy atom. The van der Waals surface area contributed by atoms with Gasteiger partial charge in [-0.25, -0.2) is 14.5 Å². The van der Waals surface area contributed by atoms with Gasteiger partial charge in [0.1, 0.15) is 5.82 Å². The van der Waals surface area contributed by atoms with Crippen LogP contribution in [0.3, 0.4) is 0 Å². The molecule has 0 saturated heterocycles. The quantitative estimate of drug-likeness (QED) is 0.542. The van der Waals surface area contributed by atoms with Gasteiger partial charge in [-0.3, -0.25) is 0 Å². The molecule has 0 amide bonds. The molecule has 0 spiro atoms. The fourth-order valence-corrected chi connectivity index (χ4v) is 3.97. The van der Waals surface area contributed by atoms with Crippen molar-refractivity contribution in [1.29, 1.82) is 0 Å². The fourth-order valence-electron chi connectivity index (χ4n) is 3.97. The molecule has 136 valence electrons. The van der Waals surface area contributed by atoms with Crippen LogP contribution in [0.1, 0.15) is 30.9 Å². The van der Waals surface area contributed by atoms with Gasteiger partial charge in [0.2, 0.25) is 0 Å². The third kappa shape index (κ3) is 3.02. The zero-order valence-electron chi connectivity index (χ0n) is 15.0. The first-order chi connectivity index (χ1) is 13.4. The highest BCUT2D eigenvalue weighted by Gasteiger charge is 2.31. The van der Waals surface area contributed by atoms with E-state index in [9.17, 15) is 0 Å². The maximum atomic E-state index is 6.30. The SMILES string of the molecule is c1ccc(CO[C@@H]2CCC[C@H]2n2ccnc2-c2cnn3cccnc23)cc1. The molecule has 0 bridgehead atoms. The summed E-state index contributed by atoms with van der Waals surface area (Å²) in [5.74, 6) is 0.906. The highest BCUT2D eigenvalue weighted by molar-refractivity contribution is 5.72. The first-order valence-corrected chi connectivity index (χ1v) is 9.37. The van der Waals surface area contributed by atoms with Crippen molar-refractivity contribution in [2.75, 3.05) is 0 Å². The van der Waals surface area contributed by atoms with E-state index >= 15 is 0 Å². The Hall–Kier alpha value is -2.99. The van der Waals surface area contributed by atoms with Crippen LogP contribution in [0.15, 0.2) is 67.4 Å². The summed E-state index contributed by atoms with van der Waals surface area (Å²) in [7, 11) is 0. The molecule has 6 nitrogen and oxygen atoms in total. The molecule has 1 saturated carbocycles. The minimum atomic E-state index is 0.188. The van der Waals surface area contributed by atoms with Gasteiger partial charge in [0, 0.05) is 24.8 Å². The number of hydrogen-bond acceptors (Lipinski definition) is 4. The second kappa shape index (κ2) is 6.96. The van der Waals surface area contributed by atoms with E-state index in [2.05, 4.69) is 50.1 Å². The molecule has 0 aliphatic heterocycles. The van der Waals surface area contributed by atoms with Crippen LogP contribution >= 0.6 is 0 Å². The van der Waals surface area contributed by atoms with Crippen molar-refractivity contribution in [3.63, 3.8) is 0 Å². The number of fused-ring (bicyclic) bond motifs is 1. The smallest absolute Gasteiger partial charge is 0.165 e. The lowest BCUT2D eigenvalue weighted by molar-refractivity contribution is 0.0198. The second-order valence-electron chi connectivity index (χ2n) is 6.94. The van der Waals surface area contributed by atoms with Gasteiger partial charge < -0.3 is 9.30 Å².